The molecule has 0 amide bonds. The Hall–Kier alpha value is -0.940. The summed E-state index contributed by atoms with van der Waals surface area (Å²) in [6.07, 6.45) is 4.63. The summed E-state index contributed by atoms with van der Waals surface area (Å²) < 4.78 is 25.1. The number of halogens is 1. The second-order valence-corrected chi connectivity index (χ2v) is 8.48. The highest BCUT2D eigenvalue weighted by Crippen LogP contribution is 2.33. The summed E-state index contributed by atoms with van der Waals surface area (Å²) in [5.41, 5.74) is 1.32. The van der Waals surface area contributed by atoms with Crippen LogP contribution in [0, 0.1) is 11.8 Å². The van der Waals surface area contributed by atoms with Crippen LogP contribution in [-0.2, 0) is 10.0 Å². The van der Waals surface area contributed by atoms with Crippen LogP contribution >= 0.6 is 11.6 Å². The molecule has 1 aromatic carbocycles. The van der Waals surface area contributed by atoms with Crippen LogP contribution in [0.1, 0.15) is 33.1 Å². The van der Waals surface area contributed by atoms with E-state index in [1.165, 1.54) is 6.42 Å². The summed E-state index contributed by atoms with van der Waals surface area (Å²) in [7, 11) is -3.28. The maximum atomic E-state index is 11.3. The zero-order chi connectivity index (χ0) is 15.6. The Morgan fingerprint density at radius 1 is 1.14 bits per heavy atom. The Labute approximate surface area is 132 Å². The first-order valence-electron chi connectivity index (χ1n) is 7.27. The molecular formula is C15H23ClN2O2S. The zero-order valence-corrected chi connectivity index (χ0v) is 14.3. The van der Waals surface area contributed by atoms with Gasteiger partial charge in [-0.3, -0.25) is 4.72 Å². The van der Waals surface area contributed by atoms with Crippen LogP contribution in [-0.4, -0.2) is 20.7 Å². The maximum absolute atomic E-state index is 11.3. The Morgan fingerprint density at radius 2 is 1.76 bits per heavy atom. The van der Waals surface area contributed by atoms with E-state index in [4.69, 9.17) is 11.6 Å². The number of hydrogen-bond donors (Lipinski definition) is 2. The Kier molecular flexibility index (Phi) is 5.04. The van der Waals surface area contributed by atoms with Crippen molar-refractivity contribution in [3.63, 3.8) is 0 Å². The van der Waals surface area contributed by atoms with Crippen LogP contribution in [0.15, 0.2) is 18.2 Å². The Bertz CT molecular complexity index is 594. The summed E-state index contributed by atoms with van der Waals surface area (Å²) in [5, 5.41) is 4.08. The van der Waals surface area contributed by atoms with Crippen LogP contribution in [0.25, 0.3) is 0 Å². The monoisotopic (exact) mass is 330 g/mol. The molecule has 1 aliphatic rings. The first-order valence-corrected chi connectivity index (χ1v) is 9.53. The van der Waals surface area contributed by atoms with Crippen molar-refractivity contribution in [3.8, 4) is 0 Å². The Balaban J connectivity index is 2.13. The summed E-state index contributed by atoms with van der Waals surface area (Å²) in [5.74, 6) is 1.39. The molecule has 1 aromatic rings. The van der Waals surface area contributed by atoms with Crippen molar-refractivity contribution in [1.29, 1.82) is 0 Å². The van der Waals surface area contributed by atoms with Gasteiger partial charge in [-0.25, -0.2) is 8.42 Å². The fraction of sp³-hybridized carbons (Fsp3) is 0.600. The van der Waals surface area contributed by atoms with E-state index in [1.54, 1.807) is 18.2 Å². The number of sulfonamides is 1. The smallest absolute Gasteiger partial charge is 0.229 e. The molecule has 4 nitrogen and oxygen atoms in total. The van der Waals surface area contributed by atoms with Crippen LogP contribution < -0.4 is 10.0 Å². The van der Waals surface area contributed by atoms with Crippen molar-refractivity contribution in [3.05, 3.63) is 23.2 Å². The lowest BCUT2D eigenvalue weighted by Gasteiger charge is -2.33. The molecule has 0 aromatic heterocycles. The van der Waals surface area contributed by atoms with E-state index >= 15 is 0 Å². The molecule has 0 heterocycles. The fourth-order valence-corrected chi connectivity index (χ4v) is 3.93. The topological polar surface area (TPSA) is 58.2 Å². The van der Waals surface area contributed by atoms with Gasteiger partial charge in [-0.15, -0.1) is 0 Å². The lowest BCUT2D eigenvalue weighted by molar-refractivity contribution is 0.281. The number of nitrogens with one attached hydrogen (secondary N) is 2. The molecule has 1 fully saturated rings. The van der Waals surface area contributed by atoms with Gasteiger partial charge in [-0.05, 0) is 49.3 Å². The van der Waals surface area contributed by atoms with Gasteiger partial charge >= 0.3 is 0 Å². The maximum Gasteiger partial charge on any atom is 0.229 e. The molecular weight excluding hydrogens is 308 g/mol. The molecule has 6 heteroatoms. The minimum absolute atomic E-state index is 0.384. The van der Waals surface area contributed by atoms with Gasteiger partial charge in [-0.1, -0.05) is 25.4 Å². The number of benzene rings is 1. The van der Waals surface area contributed by atoms with Gasteiger partial charge in [0.15, 0.2) is 0 Å². The van der Waals surface area contributed by atoms with Crippen LogP contribution in [0.3, 0.4) is 0 Å². The number of anilines is 2. The summed E-state index contributed by atoms with van der Waals surface area (Å²) in [6, 6.07) is 5.52. The summed E-state index contributed by atoms with van der Waals surface area (Å²) in [4.78, 5) is 0. The molecule has 21 heavy (non-hydrogen) atoms. The predicted molar refractivity (Wildman–Crippen MR) is 89.5 cm³/mol. The second-order valence-electron chi connectivity index (χ2n) is 6.33. The molecule has 0 bridgehead atoms. The number of rotatable bonds is 4. The predicted octanol–water partition coefficient (Wildman–Crippen LogP) is 3.95. The van der Waals surface area contributed by atoms with Gasteiger partial charge in [0.25, 0.3) is 0 Å². The molecule has 2 rings (SSSR count). The van der Waals surface area contributed by atoms with E-state index < -0.39 is 10.0 Å². The molecule has 0 aliphatic heterocycles. The standard InChI is InChI=1S/C15H23ClN2O2S/c1-10-6-11(2)8-13(7-10)17-15-9-12(4-5-14(15)16)18-21(3,19)20/h4-5,9-11,13,17-18H,6-8H2,1-3H3. The van der Waals surface area contributed by atoms with Crippen molar-refractivity contribution < 1.29 is 8.42 Å². The molecule has 2 N–H and O–H groups in total. The third-order valence-corrected chi connectivity index (χ3v) is 4.74. The van der Waals surface area contributed by atoms with Gasteiger partial charge in [0.05, 0.1) is 22.7 Å². The average molecular weight is 331 g/mol. The van der Waals surface area contributed by atoms with Crippen LogP contribution in [0.4, 0.5) is 11.4 Å². The van der Waals surface area contributed by atoms with E-state index in [0.29, 0.717) is 28.6 Å². The highest BCUT2D eigenvalue weighted by atomic mass is 35.5. The molecule has 1 saturated carbocycles. The van der Waals surface area contributed by atoms with Crippen molar-refractivity contribution in [2.75, 3.05) is 16.3 Å². The molecule has 118 valence electrons. The summed E-state index contributed by atoms with van der Waals surface area (Å²) in [6.45, 7) is 4.54. The summed E-state index contributed by atoms with van der Waals surface area (Å²) >= 11 is 6.22. The number of hydrogen-bond acceptors (Lipinski definition) is 3. The SMILES string of the molecule is CC1CC(C)CC(Nc2cc(NS(C)(=O)=O)ccc2Cl)C1. The first-order chi connectivity index (χ1) is 9.73. The highest BCUT2D eigenvalue weighted by molar-refractivity contribution is 7.92. The van der Waals surface area contributed by atoms with Gasteiger partial charge in [0.1, 0.15) is 0 Å². The largest absolute Gasteiger partial charge is 0.381 e. The molecule has 2 atom stereocenters. The van der Waals surface area contributed by atoms with Gasteiger partial charge < -0.3 is 5.32 Å². The molecule has 0 radical (unpaired) electrons. The highest BCUT2D eigenvalue weighted by Gasteiger charge is 2.24. The lowest BCUT2D eigenvalue weighted by atomic mass is 9.80. The van der Waals surface area contributed by atoms with Gasteiger partial charge in [0, 0.05) is 6.04 Å². The average Bonchev–Trinajstić information content (AvgIpc) is 2.30. The van der Waals surface area contributed by atoms with Crippen molar-refractivity contribution in [2.45, 2.75) is 39.2 Å². The molecule has 0 spiro atoms. The minimum atomic E-state index is -3.28. The van der Waals surface area contributed by atoms with E-state index in [2.05, 4.69) is 23.9 Å². The van der Waals surface area contributed by atoms with E-state index in [1.807, 2.05) is 0 Å². The third kappa shape index (κ3) is 5.08. The normalized spacial score (nSPS) is 26.4. The Morgan fingerprint density at radius 3 is 2.33 bits per heavy atom. The van der Waals surface area contributed by atoms with Crippen LogP contribution in [0.2, 0.25) is 5.02 Å². The first kappa shape index (κ1) is 16.4. The second kappa shape index (κ2) is 6.44. The quantitative estimate of drug-likeness (QED) is 0.878. The van der Waals surface area contributed by atoms with Crippen molar-refractivity contribution in [2.24, 2.45) is 11.8 Å². The minimum Gasteiger partial charge on any atom is -0.381 e. The fourth-order valence-electron chi connectivity index (χ4n) is 3.20. The third-order valence-electron chi connectivity index (χ3n) is 3.81. The van der Waals surface area contributed by atoms with Gasteiger partial charge in [0.2, 0.25) is 10.0 Å². The zero-order valence-electron chi connectivity index (χ0n) is 12.7. The van der Waals surface area contributed by atoms with E-state index in [9.17, 15) is 8.42 Å². The van der Waals surface area contributed by atoms with Crippen molar-refractivity contribution >= 4 is 33.0 Å². The molecule has 0 saturated heterocycles. The van der Waals surface area contributed by atoms with Crippen LogP contribution in [0.5, 0.6) is 0 Å². The van der Waals surface area contributed by atoms with E-state index in [0.717, 1.165) is 24.8 Å². The van der Waals surface area contributed by atoms with E-state index in [-0.39, 0.29) is 0 Å². The lowest BCUT2D eigenvalue weighted by Crippen LogP contribution is -2.30. The van der Waals surface area contributed by atoms with Crippen molar-refractivity contribution in [1.82, 2.24) is 0 Å². The molecule has 2 unspecified atom stereocenters. The van der Waals surface area contributed by atoms with Gasteiger partial charge in [-0.2, -0.15) is 0 Å². The molecule has 1 aliphatic carbocycles.